The van der Waals surface area contributed by atoms with Crippen molar-refractivity contribution >= 4 is 0 Å². The lowest BCUT2D eigenvalue weighted by atomic mass is 10.0. The van der Waals surface area contributed by atoms with Gasteiger partial charge in [-0.15, -0.1) is 0 Å². The van der Waals surface area contributed by atoms with E-state index in [0.717, 1.165) is 0 Å². The molecule has 0 N–H and O–H groups in total. The van der Waals surface area contributed by atoms with Gasteiger partial charge in [-0.05, 0) is 18.1 Å². The summed E-state index contributed by atoms with van der Waals surface area (Å²) in [6.45, 7) is 4.88. The molecule has 2 heteroatoms. The summed E-state index contributed by atoms with van der Waals surface area (Å²) in [5.41, 5.74) is 0.531. The first-order valence-corrected chi connectivity index (χ1v) is 3.00. The second-order valence-electron chi connectivity index (χ2n) is 2.30. The van der Waals surface area contributed by atoms with E-state index in [2.05, 4.69) is 6.58 Å². The van der Waals surface area contributed by atoms with E-state index in [1.807, 2.05) is 0 Å². The zero-order chi connectivity index (χ0) is 7.72. The fraction of sp³-hybridized carbons (Fsp3) is 0.250. The Balaban J connectivity index is 2.99. The molecular formula is C8H8F2. The van der Waals surface area contributed by atoms with Crippen LogP contribution in [0.1, 0.15) is 6.92 Å². The Morgan fingerprint density at radius 2 is 2.10 bits per heavy atom. The molecule has 1 aliphatic rings. The van der Waals surface area contributed by atoms with Gasteiger partial charge in [0.05, 0.1) is 0 Å². The van der Waals surface area contributed by atoms with E-state index in [-0.39, 0.29) is 5.57 Å². The first-order chi connectivity index (χ1) is 4.63. The maximum Gasteiger partial charge on any atom is 0.176 e. The van der Waals surface area contributed by atoms with Crippen LogP contribution in [0.2, 0.25) is 0 Å². The summed E-state index contributed by atoms with van der Waals surface area (Å²) < 4.78 is 25.3. The third kappa shape index (κ3) is 1.01. The zero-order valence-corrected chi connectivity index (χ0v) is 5.70. The average molecular weight is 142 g/mol. The van der Waals surface area contributed by atoms with Crippen LogP contribution in [-0.4, -0.2) is 6.17 Å². The molecule has 1 aliphatic carbocycles. The highest BCUT2D eigenvalue weighted by Gasteiger charge is 2.19. The average Bonchev–Trinajstić information content (AvgIpc) is 1.93. The van der Waals surface area contributed by atoms with Crippen LogP contribution in [0.3, 0.4) is 0 Å². The molecular weight excluding hydrogens is 134 g/mol. The largest absolute Gasteiger partial charge is 0.234 e. The maximum absolute atomic E-state index is 12.6. The van der Waals surface area contributed by atoms with E-state index < -0.39 is 12.0 Å². The topological polar surface area (TPSA) is 0 Å². The van der Waals surface area contributed by atoms with E-state index in [1.54, 1.807) is 0 Å². The summed E-state index contributed by atoms with van der Waals surface area (Å²) in [6, 6.07) is 0. The van der Waals surface area contributed by atoms with Crippen molar-refractivity contribution in [3.05, 3.63) is 35.7 Å². The lowest BCUT2D eigenvalue weighted by Gasteiger charge is -2.11. The predicted octanol–water partition coefficient (Wildman–Crippen LogP) is 2.69. The third-order valence-electron chi connectivity index (χ3n) is 1.47. The highest BCUT2D eigenvalue weighted by Crippen LogP contribution is 2.25. The minimum Gasteiger partial charge on any atom is -0.234 e. The van der Waals surface area contributed by atoms with E-state index in [1.165, 1.54) is 19.1 Å². The molecule has 1 rings (SSSR count). The highest BCUT2D eigenvalue weighted by atomic mass is 19.2. The number of hydrogen-bond donors (Lipinski definition) is 0. The normalized spacial score (nSPS) is 25.9. The van der Waals surface area contributed by atoms with Gasteiger partial charge in [-0.2, -0.15) is 0 Å². The van der Waals surface area contributed by atoms with Crippen LogP contribution in [-0.2, 0) is 0 Å². The molecule has 0 radical (unpaired) electrons. The molecule has 0 nitrogen and oxygen atoms in total. The van der Waals surface area contributed by atoms with Crippen LogP contribution in [0.25, 0.3) is 0 Å². The number of alkyl halides is 1. The standard InChI is InChI=1S/C8H8F2/c1-5-3-4-6(2)8(10)7(5)9/h3-4,7H,1H2,2H3. The van der Waals surface area contributed by atoms with Gasteiger partial charge in [0, 0.05) is 0 Å². The smallest absolute Gasteiger partial charge is 0.176 e. The van der Waals surface area contributed by atoms with Gasteiger partial charge < -0.3 is 0 Å². The molecule has 0 aromatic rings. The summed E-state index contributed by atoms with van der Waals surface area (Å²) >= 11 is 0. The van der Waals surface area contributed by atoms with Crippen molar-refractivity contribution in [1.29, 1.82) is 0 Å². The summed E-state index contributed by atoms with van der Waals surface area (Å²) in [4.78, 5) is 0. The van der Waals surface area contributed by atoms with Crippen molar-refractivity contribution in [3.8, 4) is 0 Å². The van der Waals surface area contributed by atoms with Gasteiger partial charge in [0.15, 0.2) is 6.17 Å². The van der Waals surface area contributed by atoms with E-state index in [9.17, 15) is 8.78 Å². The molecule has 0 spiro atoms. The van der Waals surface area contributed by atoms with Crippen LogP contribution in [0, 0.1) is 0 Å². The van der Waals surface area contributed by atoms with Crippen molar-refractivity contribution in [3.63, 3.8) is 0 Å². The van der Waals surface area contributed by atoms with Crippen molar-refractivity contribution in [2.24, 2.45) is 0 Å². The Bertz CT molecular complexity index is 223. The van der Waals surface area contributed by atoms with Crippen LogP contribution in [0.4, 0.5) is 8.78 Å². The molecule has 0 saturated carbocycles. The Kier molecular flexibility index (Phi) is 1.70. The van der Waals surface area contributed by atoms with Gasteiger partial charge in [-0.3, -0.25) is 0 Å². The fourth-order valence-electron chi connectivity index (χ4n) is 0.759. The second-order valence-corrected chi connectivity index (χ2v) is 2.30. The minimum absolute atomic E-state index is 0.183. The number of rotatable bonds is 0. The second kappa shape index (κ2) is 2.37. The lowest BCUT2D eigenvalue weighted by Crippen LogP contribution is -2.07. The lowest BCUT2D eigenvalue weighted by molar-refractivity contribution is 0.366. The molecule has 10 heavy (non-hydrogen) atoms. The highest BCUT2D eigenvalue weighted by molar-refractivity contribution is 5.39. The van der Waals surface area contributed by atoms with Crippen molar-refractivity contribution in [2.45, 2.75) is 13.1 Å². The number of allylic oxidation sites excluding steroid dienone is 5. The van der Waals surface area contributed by atoms with Gasteiger partial charge in [-0.25, -0.2) is 8.78 Å². The summed E-state index contributed by atoms with van der Waals surface area (Å²) in [7, 11) is 0. The van der Waals surface area contributed by atoms with Crippen LogP contribution >= 0.6 is 0 Å². The molecule has 0 aromatic heterocycles. The zero-order valence-electron chi connectivity index (χ0n) is 5.70. The van der Waals surface area contributed by atoms with Crippen molar-refractivity contribution < 1.29 is 8.78 Å². The third-order valence-corrected chi connectivity index (χ3v) is 1.47. The van der Waals surface area contributed by atoms with Gasteiger partial charge >= 0.3 is 0 Å². The monoisotopic (exact) mass is 142 g/mol. The quantitative estimate of drug-likeness (QED) is 0.487. The minimum atomic E-state index is -1.62. The summed E-state index contributed by atoms with van der Waals surface area (Å²) in [6.07, 6.45) is 1.39. The van der Waals surface area contributed by atoms with E-state index in [4.69, 9.17) is 0 Å². The van der Waals surface area contributed by atoms with Crippen LogP contribution < -0.4 is 0 Å². The Hall–Kier alpha value is -0.920. The SMILES string of the molecule is C=C1C=CC(C)=C(F)C1F. The van der Waals surface area contributed by atoms with Crippen LogP contribution in [0.15, 0.2) is 35.7 Å². The van der Waals surface area contributed by atoms with Crippen LogP contribution in [0.5, 0.6) is 0 Å². The van der Waals surface area contributed by atoms with Gasteiger partial charge in [0.25, 0.3) is 0 Å². The fourth-order valence-corrected chi connectivity index (χ4v) is 0.759. The Morgan fingerprint density at radius 1 is 1.50 bits per heavy atom. The summed E-state index contributed by atoms with van der Waals surface area (Å²) in [5.74, 6) is -0.715. The molecule has 0 aromatic carbocycles. The molecule has 0 amide bonds. The van der Waals surface area contributed by atoms with Crippen molar-refractivity contribution in [2.75, 3.05) is 0 Å². The van der Waals surface area contributed by atoms with E-state index in [0.29, 0.717) is 5.57 Å². The molecule has 1 unspecified atom stereocenters. The Labute approximate surface area is 58.6 Å². The summed E-state index contributed by atoms with van der Waals surface area (Å²) in [5, 5.41) is 0. The van der Waals surface area contributed by atoms with Gasteiger partial charge in [0.2, 0.25) is 0 Å². The molecule has 0 aliphatic heterocycles. The number of hydrogen-bond acceptors (Lipinski definition) is 0. The first-order valence-electron chi connectivity index (χ1n) is 3.00. The predicted molar refractivity (Wildman–Crippen MR) is 37.0 cm³/mol. The first kappa shape index (κ1) is 7.19. The number of halogens is 2. The molecule has 0 saturated heterocycles. The van der Waals surface area contributed by atoms with Gasteiger partial charge in [-0.1, -0.05) is 18.7 Å². The molecule has 0 heterocycles. The molecule has 0 fully saturated rings. The molecule has 1 atom stereocenters. The Morgan fingerprint density at radius 3 is 2.60 bits per heavy atom. The van der Waals surface area contributed by atoms with Gasteiger partial charge in [0.1, 0.15) is 5.83 Å². The molecule has 54 valence electrons. The molecule has 0 bridgehead atoms. The van der Waals surface area contributed by atoms with Crippen molar-refractivity contribution in [1.82, 2.24) is 0 Å². The van der Waals surface area contributed by atoms with E-state index >= 15 is 0 Å². The maximum atomic E-state index is 12.6.